The molecule has 0 radical (unpaired) electrons. The maximum absolute atomic E-state index is 5.80. The van der Waals surface area contributed by atoms with Gasteiger partial charge in [-0.05, 0) is 18.4 Å². The Hall–Kier alpha value is -1.24. The Kier molecular flexibility index (Phi) is 8.11. The van der Waals surface area contributed by atoms with Gasteiger partial charge in [-0.15, -0.1) is 0 Å². The standard InChI is InChI=1S/C21H31NO4/c1-23-9-10-25-12-11-24-8-7-19-13-20-16-26-17-21(14-19)22(20)15-18-5-3-2-4-6-18/h2-6,13,20-21H,7-12,14-17H2,1H3. The van der Waals surface area contributed by atoms with Crippen LogP contribution in [-0.4, -0.2) is 70.3 Å². The second-order valence-corrected chi connectivity index (χ2v) is 6.91. The highest BCUT2D eigenvalue weighted by Gasteiger charge is 2.34. The van der Waals surface area contributed by atoms with Crippen LogP contribution in [0.3, 0.4) is 0 Å². The monoisotopic (exact) mass is 361 g/mol. The molecule has 1 fully saturated rings. The van der Waals surface area contributed by atoms with Gasteiger partial charge in [0.15, 0.2) is 0 Å². The van der Waals surface area contributed by atoms with E-state index in [1.165, 1.54) is 11.1 Å². The third-order valence-electron chi connectivity index (χ3n) is 5.00. The van der Waals surface area contributed by atoms with E-state index in [1.54, 1.807) is 7.11 Å². The Morgan fingerprint density at radius 1 is 1.00 bits per heavy atom. The zero-order valence-corrected chi connectivity index (χ0v) is 15.8. The van der Waals surface area contributed by atoms with E-state index < -0.39 is 0 Å². The number of fused-ring (bicyclic) bond motifs is 2. The van der Waals surface area contributed by atoms with Gasteiger partial charge in [0.25, 0.3) is 0 Å². The quantitative estimate of drug-likeness (QED) is 0.448. The second kappa shape index (κ2) is 10.8. The molecule has 0 spiro atoms. The molecule has 2 aliphatic rings. The fourth-order valence-electron chi connectivity index (χ4n) is 3.64. The average Bonchev–Trinajstić information content (AvgIpc) is 2.65. The van der Waals surface area contributed by atoms with Crippen molar-refractivity contribution in [3.8, 4) is 0 Å². The van der Waals surface area contributed by atoms with Gasteiger partial charge in [0.1, 0.15) is 0 Å². The number of morpholine rings is 1. The van der Waals surface area contributed by atoms with Gasteiger partial charge in [0.2, 0.25) is 0 Å². The normalized spacial score (nSPS) is 23.0. The Labute approximate surface area is 156 Å². The lowest BCUT2D eigenvalue weighted by Crippen LogP contribution is -2.53. The van der Waals surface area contributed by atoms with Crippen molar-refractivity contribution in [3.05, 3.63) is 47.5 Å². The van der Waals surface area contributed by atoms with E-state index in [-0.39, 0.29) is 0 Å². The SMILES string of the molecule is COCCOCCOCCC1=CC2COCC(C1)N2Cc1ccccc1. The molecule has 2 bridgehead atoms. The summed E-state index contributed by atoms with van der Waals surface area (Å²) in [5.74, 6) is 0. The first kappa shape index (κ1) is 19.5. The highest BCUT2D eigenvalue weighted by molar-refractivity contribution is 5.20. The summed E-state index contributed by atoms with van der Waals surface area (Å²) in [7, 11) is 1.68. The molecule has 2 aliphatic heterocycles. The molecule has 26 heavy (non-hydrogen) atoms. The van der Waals surface area contributed by atoms with Crippen molar-refractivity contribution < 1.29 is 18.9 Å². The third kappa shape index (κ3) is 5.89. The number of benzene rings is 1. The second-order valence-electron chi connectivity index (χ2n) is 6.91. The molecule has 0 amide bonds. The first-order chi connectivity index (χ1) is 12.9. The van der Waals surface area contributed by atoms with Crippen LogP contribution >= 0.6 is 0 Å². The molecule has 0 aromatic heterocycles. The van der Waals surface area contributed by atoms with Crippen molar-refractivity contribution in [1.82, 2.24) is 4.90 Å². The minimum Gasteiger partial charge on any atom is -0.382 e. The highest BCUT2D eigenvalue weighted by Crippen LogP contribution is 2.29. The minimum atomic E-state index is 0.384. The minimum absolute atomic E-state index is 0.384. The number of nitrogens with zero attached hydrogens (tertiary/aromatic N) is 1. The van der Waals surface area contributed by atoms with Crippen LogP contribution in [0, 0.1) is 0 Å². The highest BCUT2D eigenvalue weighted by atomic mass is 16.5. The summed E-state index contributed by atoms with van der Waals surface area (Å²) in [5, 5.41) is 0. The molecule has 2 heterocycles. The molecule has 5 heteroatoms. The van der Waals surface area contributed by atoms with Gasteiger partial charge in [-0.25, -0.2) is 0 Å². The van der Waals surface area contributed by atoms with Crippen LogP contribution < -0.4 is 0 Å². The Bertz CT molecular complexity index is 548. The average molecular weight is 361 g/mol. The molecule has 2 unspecified atom stereocenters. The lowest BCUT2D eigenvalue weighted by Gasteiger charge is -2.44. The summed E-state index contributed by atoms with van der Waals surface area (Å²) >= 11 is 0. The zero-order valence-electron chi connectivity index (χ0n) is 15.8. The number of hydrogen-bond acceptors (Lipinski definition) is 5. The molecule has 144 valence electrons. The molecule has 0 saturated carbocycles. The van der Waals surface area contributed by atoms with Crippen molar-refractivity contribution in [3.63, 3.8) is 0 Å². The van der Waals surface area contributed by atoms with Crippen molar-refractivity contribution in [2.75, 3.05) is 53.4 Å². The van der Waals surface area contributed by atoms with Crippen molar-refractivity contribution >= 4 is 0 Å². The number of ether oxygens (including phenoxy) is 4. The summed E-state index contributed by atoms with van der Waals surface area (Å²) in [6.45, 7) is 5.93. The van der Waals surface area contributed by atoms with Gasteiger partial charge < -0.3 is 18.9 Å². The van der Waals surface area contributed by atoms with Crippen LogP contribution in [0.1, 0.15) is 18.4 Å². The summed E-state index contributed by atoms with van der Waals surface area (Å²) < 4.78 is 21.9. The van der Waals surface area contributed by atoms with E-state index in [4.69, 9.17) is 18.9 Å². The maximum Gasteiger partial charge on any atom is 0.0701 e. The van der Waals surface area contributed by atoms with Crippen molar-refractivity contribution in [2.24, 2.45) is 0 Å². The van der Waals surface area contributed by atoms with Gasteiger partial charge in [-0.1, -0.05) is 42.0 Å². The molecule has 0 N–H and O–H groups in total. The molecule has 5 nitrogen and oxygen atoms in total. The van der Waals surface area contributed by atoms with Crippen LogP contribution in [0.4, 0.5) is 0 Å². The molecule has 1 saturated heterocycles. The topological polar surface area (TPSA) is 40.2 Å². The van der Waals surface area contributed by atoms with Crippen molar-refractivity contribution in [1.29, 1.82) is 0 Å². The van der Waals surface area contributed by atoms with E-state index >= 15 is 0 Å². The molecule has 0 aliphatic carbocycles. The van der Waals surface area contributed by atoms with Crippen LogP contribution in [0.25, 0.3) is 0 Å². The number of rotatable bonds is 11. The predicted octanol–water partition coefficient (Wildman–Crippen LogP) is 2.66. The van der Waals surface area contributed by atoms with E-state index in [0.717, 1.165) is 39.2 Å². The Morgan fingerprint density at radius 2 is 1.77 bits per heavy atom. The first-order valence-corrected chi connectivity index (χ1v) is 9.58. The van der Waals surface area contributed by atoms with Gasteiger partial charge in [0, 0.05) is 19.7 Å². The number of methoxy groups -OCH3 is 1. The Morgan fingerprint density at radius 3 is 2.54 bits per heavy atom. The van der Waals surface area contributed by atoms with E-state index in [9.17, 15) is 0 Å². The van der Waals surface area contributed by atoms with E-state index in [2.05, 4.69) is 41.3 Å². The van der Waals surface area contributed by atoms with Gasteiger partial charge >= 0.3 is 0 Å². The lowest BCUT2D eigenvalue weighted by atomic mass is 9.92. The van der Waals surface area contributed by atoms with Crippen LogP contribution in [0.15, 0.2) is 42.0 Å². The molecular formula is C21H31NO4. The molecule has 1 aromatic carbocycles. The zero-order chi connectivity index (χ0) is 18.0. The van der Waals surface area contributed by atoms with Crippen LogP contribution in [0.2, 0.25) is 0 Å². The van der Waals surface area contributed by atoms with Gasteiger partial charge in [-0.2, -0.15) is 0 Å². The smallest absolute Gasteiger partial charge is 0.0701 e. The first-order valence-electron chi connectivity index (χ1n) is 9.58. The fourth-order valence-corrected chi connectivity index (χ4v) is 3.64. The summed E-state index contributed by atoms with van der Waals surface area (Å²) in [6.07, 6.45) is 4.48. The summed E-state index contributed by atoms with van der Waals surface area (Å²) in [4.78, 5) is 2.59. The van der Waals surface area contributed by atoms with E-state index in [0.29, 0.717) is 38.5 Å². The summed E-state index contributed by atoms with van der Waals surface area (Å²) in [6, 6.07) is 11.6. The molecular weight excluding hydrogens is 330 g/mol. The number of hydrogen-bond donors (Lipinski definition) is 0. The van der Waals surface area contributed by atoms with Gasteiger partial charge in [-0.3, -0.25) is 4.90 Å². The molecule has 3 rings (SSSR count). The lowest BCUT2D eigenvalue weighted by molar-refractivity contribution is -0.0448. The molecule has 2 atom stereocenters. The van der Waals surface area contributed by atoms with Crippen LogP contribution in [0.5, 0.6) is 0 Å². The largest absolute Gasteiger partial charge is 0.382 e. The molecule has 1 aromatic rings. The van der Waals surface area contributed by atoms with Crippen molar-refractivity contribution in [2.45, 2.75) is 31.5 Å². The van der Waals surface area contributed by atoms with E-state index in [1.807, 2.05) is 0 Å². The predicted molar refractivity (Wildman–Crippen MR) is 101 cm³/mol. The fraction of sp³-hybridized carbons (Fsp3) is 0.619. The van der Waals surface area contributed by atoms with Crippen LogP contribution in [-0.2, 0) is 25.5 Å². The third-order valence-corrected chi connectivity index (χ3v) is 5.00. The van der Waals surface area contributed by atoms with Gasteiger partial charge in [0.05, 0.1) is 52.3 Å². The Balaban J connectivity index is 1.41. The maximum atomic E-state index is 5.80. The summed E-state index contributed by atoms with van der Waals surface area (Å²) in [5.41, 5.74) is 2.88.